The van der Waals surface area contributed by atoms with Crippen LogP contribution in [0.4, 0.5) is 9.52 Å². The Morgan fingerprint density at radius 2 is 2.00 bits per heavy atom. The Kier molecular flexibility index (Phi) is 5.48. The molecule has 0 amide bonds. The minimum absolute atomic E-state index is 0.148. The monoisotopic (exact) mass is 370 g/mol. The second kappa shape index (κ2) is 7.97. The molecule has 0 aliphatic carbocycles. The van der Waals surface area contributed by atoms with Crippen molar-refractivity contribution in [2.45, 2.75) is 13.5 Å². The number of anilines is 1. The average molecular weight is 370 g/mol. The van der Waals surface area contributed by atoms with Gasteiger partial charge in [0, 0.05) is 23.1 Å². The quantitative estimate of drug-likeness (QED) is 0.460. The number of ether oxygens (including phenoxy) is 1. The van der Waals surface area contributed by atoms with Gasteiger partial charge in [-0.05, 0) is 42.8 Å². The number of aryl methyl sites for hydroxylation is 1. The first-order valence-electron chi connectivity index (χ1n) is 8.00. The van der Waals surface area contributed by atoms with Crippen LogP contribution in [-0.4, -0.2) is 18.1 Å². The zero-order chi connectivity index (χ0) is 18.5. The molecule has 5 nitrogen and oxygen atoms in total. The molecule has 0 aliphatic rings. The summed E-state index contributed by atoms with van der Waals surface area (Å²) in [5.74, 6) is 0.661. The van der Waals surface area contributed by atoms with E-state index in [9.17, 15) is 4.39 Å². The standard InChI is InChI=1S/C19H19FN4OS/c1-12-4-3-5-17(25-2)15(12)10-22-18(21)24-19-23-16(11-26-19)13-6-8-14(20)9-7-13/h3-9,11H,10H2,1-2H3,(H3,21,22,23,24). The number of methoxy groups -OCH3 is 1. The molecule has 3 aromatic rings. The van der Waals surface area contributed by atoms with Crippen LogP contribution >= 0.6 is 11.3 Å². The molecule has 1 aromatic heterocycles. The molecule has 0 spiro atoms. The van der Waals surface area contributed by atoms with Crippen molar-refractivity contribution >= 4 is 22.4 Å². The summed E-state index contributed by atoms with van der Waals surface area (Å²) in [5.41, 5.74) is 3.68. The van der Waals surface area contributed by atoms with Gasteiger partial charge in [0.15, 0.2) is 11.1 Å². The normalized spacial score (nSPS) is 10.4. The molecule has 26 heavy (non-hydrogen) atoms. The van der Waals surface area contributed by atoms with Crippen LogP contribution in [0.5, 0.6) is 5.75 Å². The minimum Gasteiger partial charge on any atom is -0.496 e. The minimum atomic E-state index is -0.278. The largest absolute Gasteiger partial charge is 0.496 e. The molecule has 3 rings (SSSR count). The van der Waals surface area contributed by atoms with Crippen molar-refractivity contribution < 1.29 is 9.13 Å². The van der Waals surface area contributed by atoms with Crippen molar-refractivity contribution in [2.75, 3.05) is 12.4 Å². The fraction of sp³-hybridized carbons (Fsp3) is 0.158. The summed E-state index contributed by atoms with van der Waals surface area (Å²) in [4.78, 5) is 4.44. The Morgan fingerprint density at radius 3 is 2.73 bits per heavy atom. The van der Waals surface area contributed by atoms with Crippen LogP contribution in [0.2, 0.25) is 0 Å². The maximum absolute atomic E-state index is 13.0. The van der Waals surface area contributed by atoms with Gasteiger partial charge in [-0.15, -0.1) is 11.3 Å². The van der Waals surface area contributed by atoms with Crippen LogP contribution in [0.25, 0.3) is 11.3 Å². The Bertz CT molecular complexity index is 908. The lowest BCUT2D eigenvalue weighted by Gasteiger charge is -2.13. The van der Waals surface area contributed by atoms with Crippen LogP contribution in [0.3, 0.4) is 0 Å². The second-order valence-electron chi connectivity index (χ2n) is 5.65. The van der Waals surface area contributed by atoms with E-state index in [-0.39, 0.29) is 11.8 Å². The number of rotatable bonds is 5. The summed E-state index contributed by atoms with van der Waals surface area (Å²) in [6.07, 6.45) is 0. The van der Waals surface area contributed by atoms with Crippen LogP contribution in [0.15, 0.2) is 47.8 Å². The predicted molar refractivity (Wildman–Crippen MR) is 103 cm³/mol. The molecule has 0 radical (unpaired) electrons. The SMILES string of the molecule is COc1cccc(C)c1CNC(=N)Nc1nc(-c2ccc(F)cc2)cs1. The molecule has 0 aliphatic heterocycles. The number of nitrogens with one attached hydrogen (secondary N) is 3. The van der Waals surface area contributed by atoms with Gasteiger partial charge in [0.25, 0.3) is 0 Å². The van der Waals surface area contributed by atoms with Gasteiger partial charge in [-0.3, -0.25) is 5.41 Å². The molecule has 0 saturated heterocycles. The lowest BCUT2D eigenvalue weighted by molar-refractivity contribution is 0.408. The lowest BCUT2D eigenvalue weighted by Crippen LogP contribution is -2.29. The van der Waals surface area contributed by atoms with E-state index >= 15 is 0 Å². The topological polar surface area (TPSA) is 70.0 Å². The summed E-state index contributed by atoms with van der Waals surface area (Å²) in [6.45, 7) is 2.48. The zero-order valence-electron chi connectivity index (χ0n) is 14.5. The lowest BCUT2D eigenvalue weighted by atomic mass is 10.1. The highest BCUT2D eigenvalue weighted by atomic mass is 32.1. The van der Waals surface area contributed by atoms with Gasteiger partial charge < -0.3 is 15.4 Å². The second-order valence-corrected chi connectivity index (χ2v) is 6.51. The van der Waals surface area contributed by atoms with Gasteiger partial charge in [0.2, 0.25) is 0 Å². The molecule has 0 saturated carbocycles. The van der Waals surface area contributed by atoms with E-state index in [4.69, 9.17) is 10.1 Å². The molecule has 3 N–H and O–H groups in total. The van der Waals surface area contributed by atoms with Gasteiger partial charge in [0.1, 0.15) is 11.6 Å². The van der Waals surface area contributed by atoms with Gasteiger partial charge in [0.05, 0.1) is 12.8 Å². The van der Waals surface area contributed by atoms with E-state index < -0.39 is 0 Å². The molecule has 0 bridgehead atoms. The van der Waals surface area contributed by atoms with E-state index in [0.717, 1.165) is 28.1 Å². The third-order valence-electron chi connectivity index (χ3n) is 3.91. The van der Waals surface area contributed by atoms with Crippen molar-refractivity contribution in [2.24, 2.45) is 0 Å². The van der Waals surface area contributed by atoms with E-state index in [0.29, 0.717) is 11.7 Å². The third-order valence-corrected chi connectivity index (χ3v) is 4.66. The van der Waals surface area contributed by atoms with Crippen molar-refractivity contribution in [3.63, 3.8) is 0 Å². The molecule has 7 heteroatoms. The van der Waals surface area contributed by atoms with Crippen molar-refractivity contribution in [3.8, 4) is 17.0 Å². The number of halogens is 1. The maximum Gasteiger partial charge on any atom is 0.195 e. The highest BCUT2D eigenvalue weighted by Crippen LogP contribution is 2.25. The van der Waals surface area contributed by atoms with Gasteiger partial charge in [-0.2, -0.15) is 0 Å². The van der Waals surface area contributed by atoms with Gasteiger partial charge >= 0.3 is 0 Å². The van der Waals surface area contributed by atoms with E-state index in [2.05, 4.69) is 15.6 Å². The highest BCUT2D eigenvalue weighted by Gasteiger charge is 2.09. The molecule has 0 atom stereocenters. The first kappa shape index (κ1) is 17.9. The molecular weight excluding hydrogens is 351 g/mol. The van der Waals surface area contributed by atoms with Gasteiger partial charge in [-0.1, -0.05) is 12.1 Å². The Hall–Kier alpha value is -2.93. The molecular formula is C19H19FN4OS. The first-order valence-corrected chi connectivity index (χ1v) is 8.88. The molecule has 1 heterocycles. The third kappa shape index (κ3) is 4.18. The van der Waals surface area contributed by atoms with Crippen LogP contribution in [-0.2, 0) is 6.54 Å². The number of aromatic nitrogens is 1. The Balaban J connectivity index is 1.62. The van der Waals surface area contributed by atoms with E-state index in [1.165, 1.54) is 23.5 Å². The summed E-state index contributed by atoms with van der Waals surface area (Å²) in [6, 6.07) is 12.0. The number of nitrogens with zero attached hydrogens (tertiary/aromatic N) is 1. The number of hydrogen-bond acceptors (Lipinski definition) is 4. The van der Waals surface area contributed by atoms with Crippen LogP contribution in [0, 0.1) is 18.2 Å². The number of hydrogen-bond donors (Lipinski definition) is 3. The average Bonchev–Trinajstić information content (AvgIpc) is 3.09. The smallest absolute Gasteiger partial charge is 0.195 e. The molecule has 134 valence electrons. The van der Waals surface area contributed by atoms with E-state index in [1.54, 1.807) is 19.2 Å². The van der Waals surface area contributed by atoms with Crippen molar-refractivity contribution in [3.05, 3.63) is 64.8 Å². The van der Waals surface area contributed by atoms with Crippen molar-refractivity contribution in [1.82, 2.24) is 10.3 Å². The Morgan fingerprint density at radius 1 is 1.23 bits per heavy atom. The highest BCUT2D eigenvalue weighted by molar-refractivity contribution is 7.14. The van der Waals surface area contributed by atoms with Crippen LogP contribution in [0.1, 0.15) is 11.1 Å². The van der Waals surface area contributed by atoms with Crippen molar-refractivity contribution in [1.29, 1.82) is 5.41 Å². The van der Waals surface area contributed by atoms with E-state index in [1.807, 2.05) is 30.5 Å². The zero-order valence-corrected chi connectivity index (χ0v) is 15.3. The molecule has 0 unspecified atom stereocenters. The number of guanidine groups is 1. The fourth-order valence-corrected chi connectivity index (χ4v) is 3.23. The summed E-state index contributed by atoms with van der Waals surface area (Å²) in [7, 11) is 1.63. The number of benzene rings is 2. The van der Waals surface area contributed by atoms with Crippen LogP contribution < -0.4 is 15.4 Å². The van der Waals surface area contributed by atoms with Gasteiger partial charge in [-0.25, -0.2) is 9.37 Å². The summed E-state index contributed by atoms with van der Waals surface area (Å²) < 4.78 is 18.4. The Labute approximate surface area is 155 Å². The molecule has 0 fully saturated rings. The number of thiazole rings is 1. The predicted octanol–water partition coefficient (Wildman–Crippen LogP) is 4.40. The fourth-order valence-electron chi connectivity index (χ4n) is 2.51. The summed E-state index contributed by atoms with van der Waals surface area (Å²) in [5, 5.41) is 16.5. The first-order chi connectivity index (χ1) is 12.6. The maximum atomic E-state index is 13.0. The summed E-state index contributed by atoms with van der Waals surface area (Å²) >= 11 is 1.39. The molecule has 2 aromatic carbocycles.